The van der Waals surface area contributed by atoms with Crippen LogP contribution in [0.25, 0.3) is 0 Å². The summed E-state index contributed by atoms with van der Waals surface area (Å²) in [5.41, 5.74) is 1.75. The molecule has 0 bridgehead atoms. The number of nitrogens with one attached hydrogen (secondary N) is 2. The monoisotopic (exact) mass is 367 g/mol. The lowest BCUT2D eigenvalue weighted by Gasteiger charge is -2.17. The van der Waals surface area contributed by atoms with Crippen LogP contribution in [0.15, 0.2) is 54.6 Å². The highest BCUT2D eigenvalue weighted by molar-refractivity contribution is 5.91. The van der Waals surface area contributed by atoms with Gasteiger partial charge in [-0.1, -0.05) is 42.5 Å². The third kappa shape index (κ3) is 5.23. The first-order chi connectivity index (χ1) is 13.2. The number of rotatable bonds is 7. The van der Waals surface area contributed by atoms with Gasteiger partial charge < -0.3 is 20.3 Å². The Morgan fingerprint density at radius 2 is 1.89 bits per heavy atom. The normalized spacial score (nSPS) is 16.3. The molecule has 6 heteroatoms. The predicted molar refractivity (Wildman–Crippen MR) is 105 cm³/mol. The topological polar surface area (TPSA) is 70.7 Å². The van der Waals surface area contributed by atoms with E-state index in [0.717, 1.165) is 5.56 Å². The van der Waals surface area contributed by atoms with Gasteiger partial charge >= 0.3 is 6.03 Å². The summed E-state index contributed by atoms with van der Waals surface area (Å²) >= 11 is 0. The van der Waals surface area contributed by atoms with Gasteiger partial charge in [0.15, 0.2) is 0 Å². The maximum Gasteiger partial charge on any atom is 0.319 e. The molecule has 1 heterocycles. The van der Waals surface area contributed by atoms with Gasteiger partial charge in [0, 0.05) is 32.0 Å². The van der Waals surface area contributed by atoms with Crippen molar-refractivity contribution in [1.82, 2.24) is 10.2 Å². The molecule has 0 radical (unpaired) electrons. The molecule has 1 aliphatic rings. The highest BCUT2D eigenvalue weighted by Gasteiger charge is 2.29. The van der Waals surface area contributed by atoms with E-state index in [9.17, 15) is 9.59 Å². The first kappa shape index (κ1) is 18.8. The van der Waals surface area contributed by atoms with Crippen molar-refractivity contribution in [1.29, 1.82) is 0 Å². The number of carbonyl (C=O) groups is 2. The van der Waals surface area contributed by atoms with Gasteiger partial charge in [-0.2, -0.15) is 0 Å². The molecule has 0 spiro atoms. The van der Waals surface area contributed by atoms with E-state index in [0.29, 0.717) is 44.1 Å². The van der Waals surface area contributed by atoms with Gasteiger partial charge in [0.25, 0.3) is 0 Å². The van der Waals surface area contributed by atoms with E-state index in [1.54, 1.807) is 6.07 Å². The summed E-state index contributed by atoms with van der Waals surface area (Å²) in [7, 11) is 0. The van der Waals surface area contributed by atoms with Crippen molar-refractivity contribution in [3.63, 3.8) is 0 Å². The number of likely N-dealkylation sites (tertiary alicyclic amines) is 1. The van der Waals surface area contributed by atoms with E-state index in [-0.39, 0.29) is 17.9 Å². The second kappa shape index (κ2) is 9.07. The van der Waals surface area contributed by atoms with Gasteiger partial charge in [0.05, 0.1) is 12.3 Å². The average molecular weight is 367 g/mol. The Morgan fingerprint density at radius 3 is 2.67 bits per heavy atom. The Hall–Kier alpha value is -3.02. The molecule has 0 aromatic heterocycles. The Balaban J connectivity index is 1.48. The molecule has 142 valence electrons. The molecule has 0 aliphatic carbocycles. The van der Waals surface area contributed by atoms with Gasteiger partial charge in [-0.3, -0.25) is 4.79 Å². The van der Waals surface area contributed by atoms with Crippen LogP contribution in [0, 0.1) is 5.92 Å². The van der Waals surface area contributed by atoms with E-state index < -0.39 is 0 Å². The van der Waals surface area contributed by atoms with Crippen molar-refractivity contribution < 1.29 is 14.3 Å². The molecule has 2 N–H and O–H groups in total. The van der Waals surface area contributed by atoms with Crippen LogP contribution >= 0.6 is 0 Å². The Bertz CT molecular complexity index is 779. The predicted octanol–water partition coefficient (Wildman–Crippen LogP) is 3.26. The summed E-state index contributed by atoms with van der Waals surface area (Å²) in [6.07, 6.45) is 0.461. The van der Waals surface area contributed by atoms with Crippen LogP contribution in [0.1, 0.15) is 18.9 Å². The minimum atomic E-state index is -0.295. The average Bonchev–Trinajstić information content (AvgIpc) is 3.02. The van der Waals surface area contributed by atoms with Crippen LogP contribution in [0.4, 0.5) is 10.5 Å². The maximum atomic E-state index is 12.2. The Labute approximate surface area is 159 Å². The zero-order valence-electron chi connectivity index (χ0n) is 15.5. The molecule has 3 rings (SSSR count). The Morgan fingerprint density at radius 1 is 1.15 bits per heavy atom. The molecule has 0 saturated carbocycles. The summed E-state index contributed by atoms with van der Waals surface area (Å²) < 4.78 is 5.51. The van der Waals surface area contributed by atoms with Crippen LogP contribution in [0.2, 0.25) is 0 Å². The molecule has 1 fully saturated rings. The highest BCUT2D eigenvalue weighted by atomic mass is 16.5. The van der Waals surface area contributed by atoms with Crippen molar-refractivity contribution in [2.24, 2.45) is 5.92 Å². The summed E-state index contributed by atoms with van der Waals surface area (Å²) in [6.45, 7) is 4.16. The lowest BCUT2D eigenvalue weighted by atomic mass is 10.1. The molecule has 2 aromatic carbocycles. The number of ether oxygens (including phenoxy) is 1. The van der Waals surface area contributed by atoms with Gasteiger partial charge in [0.1, 0.15) is 5.75 Å². The van der Waals surface area contributed by atoms with Crippen molar-refractivity contribution in [2.45, 2.75) is 19.9 Å². The van der Waals surface area contributed by atoms with Crippen LogP contribution in [0.3, 0.4) is 0 Å². The number of para-hydroxylation sites is 2. The van der Waals surface area contributed by atoms with Gasteiger partial charge in [-0.05, 0) is 24.6 Å². The molecule has 1 atom stereocenters. The smallest absolute Gasteiger partial charge is 0.319 e. The van der Waals surface area contributed by atoms with Crippen LogP contribution in [-0.2, 0) is 11.3 Å². The van der Waals surface area contributed by atoms with E-state index in [1.807, 2.05) is 60.4 Å². The van der Waals surface area contributed by atoms with Crippen LogP contribution < -0.4 is 15.4 Å². The third-order valence-corrected chi connectivity index (χ3v) is 4.50. The molecule has 3 amide bonds. The van der Waals surface area contributed by atoms with E-state index >= 15 is 0 Å². The molecule has 1 aliphatic heterocycles. The zero-order valence-corrected chi connectivity index (χ0v) is 15.5. The summed E-state index contributed by atoms with van der Waals surface area (Å²) in [5.74, 6) is 0.891. The number of urea groups is 1. The molecule has 1 saturated heterocycles. The fourth-order valence-electron chi connectivity index (χ4n) is 3.20. The second-order valence-corrected chi connectivity index (χ2v) is 6.59. The highest BCUT2D eigenvalue weighted by Crippen LogP contribution is 2.24. The SMILES string of the molecule is CCOc1ccccc1NC(=O)NCC1CC(=O)N(Cc2ccccc2)C1. The summed E-state index contributed by atoms with van der Waals surface area (Å²) in [5, 5.41) is 5.67. The van der Waals surface area contributed by atoms with Crippen LogP contribution in [0.5, 0.6) is 5.75 Å². The summed E-state index contributed by atoms with van der Waals surface area (Å²) in [6, 6.07) is 17.0. The fraction of sp³-hybridized carbons (Fsp3) is 0.333. The fourth-order valence-corrected chi connectivity index (χ4v) is 3.20. The second-order valence-electron chi connectivity index (χ2n) is 6.59. The van der Waals surface area contributed by atoms with E-state index in [1.165, 1.54) is 0 Å². The molecule has 1 unspecified atom stereocenters. The van der Waals surface area contributed by atoms with Crippen molar-refractivity contribution >= 4 is 17.6 Å². The number of amides is 3. The lowest BCUT2D eigenvalue weighted by Crippen LogP contribution is -2.34. The first-order valence-corrected chi connectivity index (χ1v) is 9.24. The van der Waals surface area contributed by atoms with Crippen molar-refractivity contribution in [3.8, 4) is 5.75 Å². The number of carbonyl (C=O) groups excluding carboxylic acids is 2. The number of hydrogen-bond acceptors (Lipinski definition) is 3. The Kier molecular flexibility index (Phi) is 6.30. The van der Waals surface area contributed by atoms with E-state index in [2.05, 4.69) is 10.6 Å². The third-order valence-electron chi connectivity index (χ3n) is 4.50. The molecular formula is C21H25N3O3. The number of nitrogens with zero attached hydrogens (tertiary/aromatic N) is 1. The molecular weight excluding hydrogens is 342 g/mol. The minimum Gasteiger partial charge on any atom is -0.492 e. The van der Waals surface area contributed by atoms with Gasteiger partial charge in [-0.15, -0.1) is 0 Å². The largest absolute Gasteiger partial charge is 0.492 e. The number of anilines is 1. The molecule has 6 nitrogen and oxygen atoms in total. The maximum absolute atomic E-state index is 12.2. The lowest BCUT2D eigenvalue weighted by molar-refractivity contribution is -0.128. The molecule has 2 aromatic rings. The van der Waals surface area contributed by atoms with Gasteiger partial charge in [0.2, 0.25) is 5.91 Å². The van der Waals surface area contributed by atoms with Crippen molar-refractivity contribution in [2.75, 3.05) is 25.0 Å². The van der Waals surface area contributed by atoms with Crippen LogP contribution in [-0.4, -0.2) is 36.5 Å². The first-order valence-electron chi connectivity index (χ1n) is 9.24. The quantitative estimate of drug-likeness (QED) is 0.789. The molecule has 27 heavy (non-hydrogen) atoms. The standard InChI is InChI=1S/C21H25N3O3/c1-2-27-19-11-7-6-10-18(19)23-21(26)22-13-17-12-20(25)24(15-17)14-16-8-4-3-5-9-16/h3-11,17H,2,12-15H2,1H3,(H2,22,23,26). The number of hydrogen-bond donors (Lipinski definition) is 2. The summed E-state index contributed by atoms with van der Waals surface area (Å²) in [4.78, 5) is 26.3. The number of benzene rings is 2. The minimum absolute atomic E-state index is 0.120. The van der Waals surface area contributed by atoms with E-state index in [4.69, 9.17) is 4.74 Å². The zero-order chi connectivity index (χ0) is 19.1. The van der Waals surface area contributed by atoms with Crippen molar-refractivity contribution in [3.05, 3.63) is 60.2 Å². The van der Waals surface area contributed by atoms with Gasteiger partial charge in [-0.25, -0.2) is 4.79 Å².